The molecule has 32 heavy (non-hydrogen) atoms. The van der Waals surface area contributed by atoms with Crippen LogP contribution in [-0.2, 0) is 4.74 Å². The summed E-state index contributed by atoms with van der Waals surface area (Å²) in [4.78, 5) is 18.6. The Kier molecular flexibility index (Phi) is 5.30. The molecular formula is C24H26N4O4. The SMILES string of the molecule is C/C(=N\NC(=O)OC(C)(C)C)C(c1c[nH]c2ccc(O)cc12)c1c[nH]c2ccc(O)cc12. The monoisotopic (exact) mass is 434 g/mol. The van der Waals surface area contributed by atoms with Gasteiger partial charge in [0, 0.05) is 39.9 Å². The first-order valence-electron chi connectivity index (χ1n) is 10.3. The van der Waals surface area contributed by atoms with E-state index in [1.54, 1.807) is 57.2 Å². The van der Waals surface area contributed by atoms with Crippen molar-refractivity contribution in [3.63, 3.8) is 0 Å². The lowest BCUT2D eigenvalue weighted by Crippen LogP contribution is -2.30. The van der Waals surface area contributed by atoms with E-state index >= 15 is 0 Å². The van der Waals surface area contributed by atoms with Gasteiger partial charge in [-0.15, -0.1) is 0 Å². The van der Waals surface area contributed by atoms with E-state index in [4.69, 9.17) is 4.74 Å². The van der Waals surface area contributed by atoms with E-state index < -0.39 is 11.7 Å². The highest BCUT2D eigenvalue weighted by Crippen LogP contribution is 2.37. The summed E-state index contributed by atoms with van der Waals surface area (Å²) in [6, 6.07) is 10.2. The summed E-state index contributed by atoms with van der Waals surface area (Å²) in [6.45, 7) is 7.15. The second-order valence-electron chi connectivity index (χ2n) is 8.75. The molecule has 0 saturated carbocycles. The van der Waals surface area contributed by atoms with E-state index in [0.717, 1.165) is 32.9 Å². The van der Waals surface area contributed by atoms with E-state index in [1.165, 1.54) is 0 Å². The number of hydrogen-bond donors (Lipinski definition) is 5. The number of aromatic hydroxyl groups is 2. The average molecular weight is 434 g/mol. The smallest absolute Gasteiger partial charge is 0.428 e. The van der Waals surface area contributed by atoms with Gasteiger partial charge in [-0.1, -0.05) is 0 Å². The number of ether oxygens (including phenoxy) is 1. The summed E-state index contributed by atoms with van der Waals surface area (Å²) in [7, 11) is 0. The predicted molar refractivity (Wildman–Crippen MR) is 124 cm³/mol. The standard InChI is InChI=1S/C24H26N4O4/c1-13(27-28-23(31)32-24(2,3)4)22(18-11-25-20-7-5-14(29)9-16(18)20)19-12-26-21-8-6-15(30)10-17(19)21/h5-12,22,25-26,29-30H,1-4H3,(H,28,31)/b27-13+. The first-order chi connectivity index (χ1) is 15.1. The van der Waals surface area contributed by atoms with Crippen LogP contribution in [-0.4, -0.2) is 37.6 Å². The lowest BCUT2D eigenvalue weighted by Gasteiger charge is -2.20. The Morgan fingerprint density at radius 3 is 1.94 bits per heavy atom. The van der Waals surface area contributed by atoms with Gasteiger partial charge in [-0.3, -0.25) is 0 Å². The molecule has 2 aromatic carbocycles. The minimum atomic E-state index is -0.649. The minimum Gasteiger partial charge on any atom is -0.508 e. The average Bonchev–Trinajstić information content (AvgIpc) is 3.30. The Labute approximate surface area is 184 Å². The number of rotatable bonds is 4. The molecule has 8 heteroatoms. The van der Waals surface area contributed by atoms with Crippen molar-refractivity contribution >= 4 is 33.6 Å². The number of H-pyrrole nitrogens is 2. The van der Waals surface area contributed by atoms with E-state index in [0.29, 0.717) is 5.71 Å². The quantitative estimate of drug-likeness (QED) is 0.227. The Balaban J connectivity index is 1.83. The second kappa shape index (κ2) is 7.96. The van der Waals surface area contributed by atoms with Crippen molar-refractivity contribution in [2.75, 3.05) is 0 Å². The Morgan fingerprint density at radius 1 is 0.969 bits per heavy atom. The Hall–Kier alpha value is -3.94. The van der Waals surface area contributed by atoms with Crippen LogP contribution in [0.2, 0.25) is 0 Å². The van der Waals surface area contributed by atoms with Crippen LogP contribution in [0.1, 0.15) is 44.7 Å². The summed E-state index contributed by atoms with van der Waals surface area (Å²) in [5.41, 5.74) is 5.88. The third-order valence-electron chi connectivity index (χ3n) is 5.16. The van der Waals surface area contributed by atoms with Gasteiger partial charge < -0.3 is 24.9 Å². The highest BCUT2D eigenvalue weighted by atomic mass is 16.6. The zero-order chi connectivity index (χ0) is 23.0. The summed E-state index contributed by atoms with van der Waals surface area (Å²) in [5, 5.41) is 26.1. The summed E-state index contributed by atoms with van der Waals surface area (Å²) in [6.07, 6.45) is 3.08. The number of benzene rings is 2. The van der Waals surface area contributed by atoms with Crippen LogP contribution in [0.5, 0.6) is 11.5 Å². The van der Waals surface area contributed by atoms with Crippen molar-refractivity contribution < 1.29 is 19.7 Å². The number of phenols is 2. The van der Waals surface area contributed by atoms with Crippen molar-refractivity contribution in [3.8, 4) is 11.5 Å². The fourth-order valence-corrected chi connectivity index (χ4v) is 3.85. The van der Waals surface area contributed by atoms with Crippen LogP contribution in [0, 0.1) is 0 Å². The molecule has 5 N–H and O–H groups in total. The number of nitrogens with one attached hydrogen (secondary N) is 3. The molecule has 0 unspecified atom stereocenters. The lowest BCUT2D eigenvalue weighted by molar-refractivity contribution is 0.0529. The number of hydrazone groups is 1. The molecule has 2 heterocycles. The van der Waals surface area contributed by atoms with Crippen LogP contribution in [0.3, 0.4) is 0 Å². The highest BCUT2D eigenvalue weighted by Gasteiger charge is 2.25. The van der Waals surface area contributed by atoms with Gasteiger partial charge in [0.05, 0.1) is 5.92 Å². The van der Waals surface area contributed by atoms with E-state index in [-0.39, 0.29) is 17.4 Å². The molecular weight excluding hydrogens is 408 g/mol. The first kappa shape index (κ1) is 21.3. The molecule has 4 rings (SSSR count). The van der Waals surface area contributed by atoms with Crippen molar-refractivity contribution in [2.45, 2.75) is 39.2 Å². The molecule has 2 aromatic heterocycles. The molecule has 0 spiro atoms. The number of carbonyl (C=O) groups is 1. The van der Waals surface area contributed by atoms with Gasteiger partial charge in [0.1, 0.15) is 17.1 Å². The topological polar surface area (TPSA) is 123 Å². The van der Waals surface area contributed by atoms with Crippen molar-refractivity contribution in [1.29, 1.82) is 0 Å². The van der Waals surface area contributed by atoms with Gasteiger partial charge >= 0.3 is 6.09 Å². The number of carbonyl (C=O) groups excluding carboxylic acids is 1. The molecule has 0 radical (unpaired) electrons. The predicted octanol–water partition coefficient (Wildman–Crippen LogP) is 5.09. The summed E-state index contributed by atoms with van der Waals surface area (Å²) < 4.78 is 5.29. The van der Waals surface area contributed by atoms with Gasteiger partial charge in [-0.05, 0) is 75.2 Å². The van der Waals surface area contributed by atoms with Gasteiger partial charge in [0.25, 0.3) is 0 Å². The molecule has 0 atom stereocenters. The third kappa shape index (κ3) is 4.25. The fraction of sp³-hybridized carbons (Fsp3) is 0.250. The van der Waals surface area contributed by atoms with Crippen molar-refractivity contribution in [1.82, 2.24) is 15.4 Å². The zero-order valence-electron chi connectivity index (χ0n) is 18.4. The zero-order valence-corrected chi connectivity index (χ0v) is 18.4. The molecule has 4 aromatic rings. The normalized spacial score (nSPS) is 12.6. The van der Waals surface area contributed by atoms with Crippen LogP contribution in [0.15, 0.2) is 53.9 Å². The molecule has 8 nitrogen and oxygen atoms in total. The molecule has 0 aliphatic heterocycles. The third-order valence-corrected chi connectivity index (χ3v) is 5.16. The number of hydrogen-bond acceptors (Lipinski definition) is 5. The molecule has 0 bridgehead atoms. The van der Waals surface area contributed by atoms with Crippen molar-refractivity contribution in [2.24, 2.45) is 5.10 Å². The number of amides is 1. The molecule has 0 aliphatic rings. The minimum absolute atomic E-state index is 0.148. The van der Waals surface area contributed by atoms with Crippen molar-refractivity contribution in [3.05, 3.63) is 59.9 Å². The first-order valence-corrected chi connectivity index (χ1v) is 10.3. The number of aromatic amines is 2. The molecule has 0 saturated heterocycles. The lowest BCUT2D eigenvalue weighted by atomic mass is 9.87. The van der Waals surface area contributed by atoms with E-state index in [9.17, 15) is 15.0 Å². The largest absolute Gasteiger partial charge is 0.508 e. The number of aromatic nitrogens is 2. The Morgan fingerprint density at radius 2 is 1.47 bits per heavy atom. The molecule has 1 amide bonds. The van der Waals surface area contributed by atoms with Crippen LogP contribution in [0.25, 0.3) is 21.8 Å². The number of fused-ring (bicyclic) bond motifs is 2. The number of nitrogens with zero attached hydrogens (tertiary/aromatic N) is 1. The highest BCUT2D eigenvalue weighted by molar-refractivity contribution is 6.01. The second-order valence-corrected chi connectivity index (χ2v) is 8.75. The maximum Gasteiger partial charge on any atom is 0.428 e. The maximum absolute atomic E-state index is 12.2. The summed E-state index contributed by atoms with van der Waals surface area (Å²) in [5.74, 6) is -0.0821. The van der Waals surface area contributed by atoms with Crippen LogP contribution in [0.4, 0.5) is 4.79 Å². The number of phenolic OH excluding ortho intramolecular Hbond substituents is 2. The van der Waals surface area contributed by atoms with Gasteiger partial charge in [0.15, 0.2) is 0 Å². The van der Waals surface area contributed by atoms with Crippen LogP contribution >= 0.6 is 0 Å². The molecule has 0 aliphatic carbocycles. The maximum atomic E-state index is 12.2. The summed E-state index contributed by atoms with van der Waals surface area (Å²) >= 11 is 0. The Bertz CT molecular complexity index is 1250. The van der Waals surface area contributed by atoms with E-state index in [1.807, 2.05) is 19.3 Å². The van der Waals surface area contributed by atoms with Gasteiger partial charge in [0.2, 0.25) is 0 Å². The fourth-order valence-electron chi connectivity index (χ4n) is 3.85. The molecule has 166 valence electrons. The van der Waals surface area contributed by atoms with Crippen LogP contribution < -0.4 is 5.43 Å². The molecule has 0 fully saturated rings. The van der Waals surface area contributed by atoms with Gasteiger partial charge in [-0.25, -0.2) is 10.2 Å². The van der Waals surface area contributed by atoms with E-state index in [2.05, 4.69) is 20.5 Å². The van der Waals surface area contributed by atoms with Gasteiger partial charge in [-0.2, -0.15) is 5.10 Å².